The van der Waals surface area contributed by atoms with Gasteiger partial charge in [0.2, 0.25) is 0 Å². The Morgan fingerprint density at radius 1 is 0.345 bits per heavy atom. The smallest absolute Gasteiger partial charge is 0.328 e. The van der Waals surface area contributed by atoms with Crippen molar-refractivity contribution in [1.82, 2.24) is 36.5 Å². The Morgan fingerprint density at radius 3 is 0.931 bits per heavy atom. The van der Waals surface area contributed by atoms with Crippen LogP contribution in [-0.4, -0.2) is 66.4 Å². The molecule has 32 nitrogen and oxygen atoms in total. The number of nitrogen functional groups attached to an aromatic ring is 2. The molecule has 0 fully saturated rings. The molecule has 608 valence electrons. The minimum Gasteiger partial charge on any atom is -0.505 e. The number of rotatable bonds is 24. The van der Waals surface area contributed by atoms with Gasteiger partial charge in [-0.25, -0.2) is 19.2 Å². The van der Waals surface area contributed by atoms with E-state index in [1.807, 2.05) is 100 Å². The third-order valence-electron chi connectivity index (χ3n) is 21.9. The molecular weight excluding hydrogens is 1490 g/mol. The van der Waals surface area contributed by atoms with E-state index in [0.29, 0.717) is 50.6 Å². The highest BCUT2D eigenvalue weighted by atomic mass is 16.6. The maximum absolute atomic E-state index is 14.0. The molecule has 32 heteroatoms. The number of fused-ring (bicyclic) bond motifs is 4. The number of hydrogen-bond donors (Lipinski definition) is 4. The highest BCUT2D eigenvalue weighted by molar-refractivity contribution is 5.88. The van der Waals surface area contributed by atoms with Crippen molar-refractivity contribution in [2.24, 2.45) is 59.5 Å². The van der Waals surface area contributed by atoms with Crippen LogP contribution in [-0.2, 0) is 76.0 Å². The molecule has 8 aromatic carbocycles. The van der Waals surface area contributed by atoms with Crippen molar-refractivity contribution in [3.05, 3.63) is 249 Å². The zero-order chi connectivity index (χ0) is 85.3. The molecule has 0 spiro atoms. The second-order valence-corrected chi connectivity index (χ2v) is 34.6. The molecule has 0 atom stereocenters. The van der Waals surface area contributed by atoms with Crippen LogP contribution in [0.25, 0.3) is 44.1 Å². The lowest BCUT2D eigenvalue weighted by molar-refractivity contribution is -0.384. The van der Waals surface area contributed by atoms with Gasteiger partial charge >= 0.3 is 22.8 Å². The Hall–Kier alpha value is -13.2. The number of nitrogens with two attached hydrogens (primary N) is 2. The molecule has 0 radical (unpaired) electrons. The Kier molecular flexibility index (Phi) is 22.4. The number of phenols is 2. The Morgan fingerprint density at radius 2 is 0.603 bits per heavy atom. The lowest BCUT2D eigenvalue weighted by Crippen LogP contribution is -2.26. The minimum atomic E-state index is -0.690. The SMILES string of the molecule is Cn1c(=O)n(CCCn2c(=O)n(C)c3cc(N)c([N+](=O)[O-])cc32)c2cc(N)c([N+](=O)[O-])cc21.Cn1c(=O)n(CCCn2c(=O)n(C)c3cc(N=Nc4cc(C(C)(C)CC(C)(C)C)cc(C(C)(C)c5ccccc5)c4O)c([N+](=O)[O-])cc32)c2cc(N=Nc3cc(C(C)(C)CC(C)(C)C)cc(C(C)(C)c4ccccc4)c3O)c([N+](=O)[O-])cc21. The second kappa shape index (κ2) is 31.0. The fraction of sp³-hybridized carbons (Fsp3) is 0.381. The zero-order valence-corrected chi connectivity index (χ0v) is 68.5. The van der Waals surface area contributed by atoms with E-state index in [0.717, 1.165) is 35.1 Å². The van der Waals surface area contributed by atoms with Crippen molar-refractivity contribution < 1.29 is 29.9 Å². The average molecular weight is 1580 g/mol. The first-order valence-electron chi connectivity index (χ1n) is 37.8. The van der Waals surface area contributed by atoms with E-state index < -0.39 is 64.4 Å². The lowest BCUT2D eigenvalue weighted by Gasteiger charge is -2.35. The molecule has 0 saturated carbocycles. The monoisotopic (exact) mass is 1580 g/mol. The molecule has 12 rings (SSSR count). The number of nitro benzene ring substituents is 4. The second-order valence-electron chi connectivity index (χ2n) is 34.6. The number of nitro groups is 4. The summed E-state index contributed by atoms with van der Waals surface area (Å²) in [7, 11) is 6.09. The van der Waals surface area contributed by atoms with E-state index in [9.17, 15) is 69.8 Å². The Bertz CT molecular complexity index is 6290. The van der Waals surface area contributed by atoms with Crippen LogP contribution in [0.1, 0.15) is 156 Å². The first kappa shape index (κ1) is 83.8. The van der Waals surface area contributed by atoms with Crippen molar-refractivity contribution >= 4 is 101 Å². The highest BCUT2D eigenvalue weighted by Gasteiger charge is 2.37. The average Bonchev–Trinajstić information content (AvgIpc) is 1.23. The number of aromatic hydroxyl groups is 2. The molecule has 6 N–H and O–H groups in total. The number of imidazole rings is 4. The van der Waals surface area contributed by atoms with Gasteiger partial charge in [-0.2, -0.15) is 0 Å². The van der Waals surface area contributed by atoms with E-state index >= 15 is 0 Å². The van der Waals surface area contributed by atoms with Gasteiger partial charge in [0.25, 0.3) is 22.7 Å². The van der Waals surface area contributed by atoms with Crippen LogP contribution in [0.15, 0.2) is 173 Å². The molecule has 0 aliphatic carbocycles. The molecule has 4 aromatic heterocycles. The predicted molar refractivity (Wildman–Crippen MR) is 449 cm³/mol. The standard InChI is InChI=1S/C65H78N10O8.C19H20N8O6/c1-60(2,3)38-62(7,8)42-30-44(64(11,12)40-24-19-17-20-25-40)56(76)48(32-42)68-66-46-34-52-55(37-51(46)75(82)83)73(58(78)70(52)15)29-23-28-72-54-35-47(50(74(80)81)36-53(54)71(16)59(72)79)67-69-49-33-43(63(9,10)39-61(4,5)6)31-45(57(49)77)65(13,14)41-26-21-18-22-27-41;1-22-14-6-10(20)13(27(32)33)9-17(14)25(18(22)28)5-3-4-24-16-7-11(21)12(26(30)31)8-15(16)23(2)19(24)29/h17-22,24-27,30-37,76-77H,23,28-29,38-39H2,1-16H3;6-9H,3-5,20-21H2,1-2H3. The van der Waals surface area contributed by atoms with Gasteiger partial charge in [0.1, 0.15) is 34.2 Å². The van der Waals surface area contributed by atoms with Gasteiger partial charge in [0.15, 0.2) is 11.4 Å². The molecule has 12 aromatic rings. The summed E-state index contributed by atoms with van der Waals surface area (Å²) in [5, 5.41) is 90.0. The largest absolute Gasteiger partial charge is 0.505 e. The predicted octanol–water partition coefficient (Wildman–Crippen LogP) is 17.3. The molecule has 0 amide bonds. The number of aryl methyl sites for hydroxylation is 8. The van der Waals surface area contributed by atoms with Crippen LogP contribution in [0.2, 0.25) is 0 Å². The number of hydrogen-bond acceptors (Lipinski definition) is 20. The van der Waals surface area contributed by atoms with Crippen LogP contribution in [0.4, 0.5) is 56.9 Å². The van der Waals surface area contributed by atoms with Crippen molar-refractivity contribution in [2.45, 2.75) is 170 Å². The summed E-state index contributed by atoms with van der Waals surface area (Å²) in [5.41, 5.74) is 13.7. The molecule has 0 bridgehead atoms. The van der Waals surface area contributed by atoms with E-state index in [1.54, 1.807) is 19.2 Å². The Balaban J connectivity index is 0.000000332. The molecule has 0 saturated heterocycles. The molecule has 0 aliphatic heterocycles. The van der Waals surface area contributed by atoms with Gasteiger partial charge < -0.3 is 21.7 Å². The summed E-state index contributed by atoms with van der Waals surface area (Å²) in [6.07, 6.45) is 2.09. The van der Waals surface area contributed by atoms with E-state index in [2.05, 4.69) is 89.7 Å². The summed E-state index contributed by atoms with van der Waals surface area (Å²) in [6, 6.07) is 37.9. The first-order valence-corrected chi connectivity index (χ1v) is 37.8. The quantitative estimate of drug-likeness (QED) is 0.0189. The van der Waals surface area contributed by atoms with Crippen molar-refractivity contribution in [1.29, 1.82) is 0 Å². The van der Waals surface area contributed by atoms with Crippen molar-refractivity contribution in [3.8, 4) is 11.5 Å². The molecule has 0 aliphatic rings. The summed E-state index contributed by atoms with van der Waals surface area (Å²) in [4.78, 5) is 99.1. The summed E-state index contributed by atoms with van der Waals surface area (Å²) < 4.78 is 10.9. The first-order chi connectivity index (χ1) is 54.1. The molecule has 4 heterocycles. The van der Waals surface area contributed by atoms with Crippen molar-refractivity contribution in [2.75, 3.05) is 11.5 Å². The Labute approximate surface area is 666 Å². The minimum absolute atomic E-state index is 0.0183. The van der Waals surface area contributed by atoms with Gasteiger partial charge in [0, 0.05) is 101 Å². The molecular formula is C84H98N18O14. The van der Waals surface area contributed by atoms with Gasteiger partial charge in [-0.15, -0.1) is 20.5 Å². The van der Waals surface area contributed by atoms with Crippen LogP contribution in [0.3, 0.4) is 0 Å². The van der Waals surface area contributed by atoms with Gasteiger partial charge in [-0.1, -0.05) is 170 Å². The zero-order valence-electron chi connectivity index (χ0n) is 68.5. The fourth-order valence-electron chi connectivity index (χ4n) is 16.4. The van der Waals surface area contributed by atoms with Crippen LogP contribution >= 0.6 is 0 Å². The van der Waals surface area contributed by atoms with Gasteiger partial charge in [-0.05, 0) is 106 Å². The van der Waals surface area contributed by atoms with E-state index in [4.69, 9.17) is 11.5 Å². The van der Waals surface area contributed by atoms with Gasteiger partial charge in [-0.3, -0.25) is 77.0 Å². The van der Waals surface area contributed by atoms with Crippen LogP contribution in [0.5, 0.6) is 11.5 Å². The normalized spacial score (nSPS) is 12.6. The summed E-state index contributed by atoms with van der Waals surface area (Å²) in [6.45, 7) is 30.0. The number of aromatic nitrogens is 8. The maximum Gasteiger partial charge on any atom is 0.328 e. The van der Waals surface area contributed by atoms with Crippen molar-refractivity contribution in [3.63, 3.8) is 0 Å². The third-order valence-corrected chi connectivity index (χ3v) is 21.9. The maximum atomic E-state index is 14.0. The van der Waals surface area contributed by atoms with Crippen LogP contribution < -0.4 is 34.2 Å². The lowest BCUT2D eigenvalue weighted by atomic mass is 9.70. The number of nitrogens with zero attached hydrogens (tertiary/aromatic N) is 16. The highest BCUT2D eigenvalue weighted by Crippen LogP contribution is 2.50. The number of phenolic OH excluding ortho intramolecular Hbond substituents is 2. The summed E-state index contributed by atoms with van der Waals surface area (Å²) >= 11 is 0. The fourth-order valence-corrected chi connectivity index (χ4v) is 16.4. The van der Waals surface area contributed by atoms with E-state index in [1.165, 1.54) is 106 Å². The summed E-state index contributed by atoms with van der Waals surface area (Å²) in [5.74, 6) is -0.235. The number of benzene rings is 8. The van der Waals surface area contributed by atoms with E-state index in [-0.39, 0.29) is 123 Å². The van der Waals surface area contributed by atoms with Crippen LogP contribution in [0, 0.1) is 51.3 Å². The number of anilines is 2. The third kappa shape index (κ3) is 16.2. The topological polar surface area (TPSA) is 422 Å². The molecule has 0 unspecified atom stereocenters. The molecule has 116 heavy (non-hydrogen) atoms. The number of azo groups is 2. The van der Waals surface area contributed by atoms with Gasteiger partial charge in [0.05, 0.1) is 63.8 Å².